The zero-order chi connectivity index (χ0) is 33.4. The molecule has 248 valence electrons. The van der Waals surface area contributed by atoms with E-state index in [2.05, 4.69) is 9.28 Å². The molecular formula is C27H26Cl2F6N2O6S2. The number of benzene rings is 2. The third-order valence-corrected chi connectivity index (χ3v) is 9.81. The predicted molar refractivity (Wildman–Crippen MR) is 153 cm³/mol. The van der Waals surface area contributed by atoms with Gasteiger partial charge in [0.2, 0.25) is 5.88 Å². The molecule has 18 heteroatoms. The van der Waals surface area contributed by atoms with Crippen molar-refractivity contribution < 1.29 is 52.1 Å². The van der Waals surface area contributed by atoms with Gasteiger partial charge in [-0.15, -0.1) is 23.2 Å². The lowest BCUT2D eigenvalue weighted by atomic mass is 9.76. The number of aromatic nitrogens is 2. The molecule has 0 N–H and O–H groups in total. The Morgan fingerprint density at radius 3 is 2.16 bits per heavy atom. The van der Waals surface area contributed by atoms with E-state index in [-0.39, 0.29) is 53.3 Å². The van der Waals surface area contributed by atoms with Crippen molar-refractivity contribution in [3.63, 3.8) is 0 Å². The maximum atomic E-state index is 13.7. The van der Waals surface area contributed by atoms with Gasteiger partial charge in [-0.25, -0.2) is 13.1 Å². The highest BCUT2D eigenvalue weighted by molar-refractivity contribution is 7.90. The van der Waals surface area contributed by atoms with Crippen LogP contribution < -0.4 is 4.18 Å². The molecule has 1 fully saturated rings. The molecule has 0 spiro atoms. The molecule has 0 saturated heterocycles. The summed E-state index contributed by atoms with van der Waals surface area (Å²) in [6.07, 6.45) is -3.94. The van der Waals surface area contributed by atoms with Crippen molar-refractivity contribution in [1.82, 2.24) is 9.78 Å². The molecule has 3 aromatic rings. The van der Waals surface area contributed by atoms with Crippen LogP contribution in [0.1, 0.15) is 36.4 Å². The Hall–Kier alpha value is -2.53. The van der Waals surface area contributed by atoms with E-state index in [4.69, 9.17) is 27.9 Å². The monoisotopic (exact) mass is 722 g/mol. The van der Waals surface area contributed by atoms with E-state index in [0.29, 0.717) is 0 Å². The lowest BCUT2D eigenvalue weighted by Gasteiger charge is -2.37. The Balaban J connectivity index is 1.88. The van der Waals surface area contributed by atoms with Crippen molar-refractivity contribution in [2.24, 2.45) is 5.92 Å². The van der Waals surface area contributed by atoms with Crippen molar-refractivity contribution in [3.05, 3.63) is 65.9 Å². The highest BCUT2D eigenvalue weighted by Crippen LogP contribution is 2.51. The summed E-state index contributed by atoms with van der Waals surface area (Å²) in [5.74, 6) is -2.83. The van der Waals surface area contributed by atoms with E-state index in [1.807, 2.05) is 0 Å². The molecule has 0 bridgehead atoms. The van der Waals surface area contributed by atoms with Crippen LogP contribution >= 0.6 is 23.2 Å². The molecule has 0 unspecified atom stereocenters. The molecule has 0 aliphatic heterocycles. The zero-order valence-electron chi connectivity index (χ0n) is 23.3. The van der Waals surface area contributed by atoms with Gasteiger partial charge in [-0.2, -0.15) is 39.9 Å². The van der Waals surface area contributed by atoms with Gasteiger partial charge in [0.1, 0.15) is 10.9 Å². The fourth-order valence-corrected chi connectivity index (χ4v) is 6.76. The first-order valence-electron chi connectivity index (χ1n) is 13.1. The quantitative estimate of drug-likeness (QED) is 0.0959. The van der Waals surface area contributed by atoms with Crippen molar-refractivity contribution in [3.8, 4) is 17.0 Å². The molecule has 0 amide bonds. The molecule has 45 heavy (non-hydrogen) atoms. The minimum absolute atomic E-state index is 0.00354. The summed E-state index contributed by atoms with van der Waals surface area (Å²) in [5, 5.41) is 3.98. The van der Waals surface area contributed by atoms with Gasteiger partial charge < -0.3 is 8.92 Å². The number of rotatable bonds is 10. The van der Waals surface area contributed by atoms with Crippen molar-refractivity contribution in [1.29, 1.82) is 0 Å². The highest BCUT2D eigenvalue weighted by Gasteiger charge is 2.51. The molecular weight excluding hydrogens is 697 g/mol. The van der Waals surface area contributed by atoms with Crippen LogP contribution in [0.2, 0.25) is 0 Å². The summed E-state index contributed by atoms with van der Waals surface area (Å²) >= 11 is 12.9. The second-order valence-corrected chi connectivity index (χ2v) is 15.8. The van der Waals surface area contributed by atoms with Crippen molar-refractivity contribution in [2.75, 3.05) is 12.9 Å². The third-order valence-electron chi connectivity index (χ3n) is 7.05. The Labute approximate surface area is 265 Å². The molecule has 1 saturated carbocycles. The minimum Gasteiger partial charge on any atom is -0.376 e. The normalized spacial score (nSPS) is 19.4. The third kappa shape index (κ3) is 8.84. The average molecular weight is 724 g/mol. The zero-order valence-corrected chi connectivity index (χ0v) is 26.4. The molecule has 1 heterocycles. The van der Waals surface area contributed by atoms with Crippen LogP contribution in [0.4, 0.5) is 26.3 Å². The number of alkyl halides is 8. The van der Waals surface area contributed by atoms with Crippen LogP contribution in [0, 0.1) is 5.92 Å². The first kappa shape index (κ1) is 35.3. The second-order valence-electron chi connectivity index (χ2n) is 10.6. The van der Waals surface area contributed by atoms with Crippen LogP contribution in [-0.2, 0) is 37.8 Å². The number of ether oxygens (including phenoxy) is 1. The molecule has 0 radical (unpaired) electrons. The van der Waals surface area contributed by atoms with E-state index in [9.17, 15) is 43.2 Å². The van der Waals surface area contributed by atoms with Crippen molar-refractivity contribution in [2.45, 2.75) is 59.2 Å². The van der Waals surface area contributed by atoms with E-state index >= 15 is 0 Å². The Morgan fingerprint density at radius 1 is 0.978 bits per heavy atom. The van der Waals surface area contributed by atoms with Crippen LogP contribution in [0.5, 0.6) is 5.88 Å². The average Bonchev–Trinajstić information content (AvgIpc) is 3.23. The Morgan fingerprint density at radius 2 is 1.60 bits per heavy atom. The lowest BCUT2D eigenvalue weighted by Crippen LogP contribution is -2.33. The van der Waals surface area contributed by atoms with Gasteiger partial charge in [-0.3, -0.25) is 0 Å². The van der Waals surface area contributed by atoms with E-state index < -0.39 is 65.8 Å². The summed E-state index contributed by atoms with van der Waals surface area (Å²) in [6, 6.07) is 13.3. The van der Waals surface area contributed by atoms with Gasteiger partial charge in [0.15, 0.2) is 9.84 Å². The van der Waals surface area contributed by atoms with Crippen LogP contribution in [0.15, 0.2) is 59.5 Å². The van der Waals surface area contributed by atoms with Crippen molar-refractivity contribution >= 4 is 43.2 Å². The molecule has 2 atom stereocenters. The van der Waals surface area contributed by atoms with E-state index in [1.54, 1.807) is 30.3 Å². The summed E-state index contributed by atoms with van der Waals surface area (Å²) in [7, 11) is -10.2. The second kappa shape index (κ2) is 12.9. The highest BCUT2D eigenvalue weighted by atomic mass is 35.5. The van der Waals surface area contributed by atoms with E-state index in [0.717, 1.165) is 36.1 Å². The smallest absolute Gasteiger partial charge is 0.376 e. The van der Waals surface area contributed by atoms with E-state index in [1.165, 1.54) is 0 Å². The summed E-state index contributed by atoms with van der Waals surface area (Å²) in [5.41, 5.74) is -6.05. The first-order chi connectivity index (χ1) is 20.7. The lowest BCUT2D eigenvalue weighted by molar-refractivity contribution is -0.143. The van der Waals surface area contributed by atoms with Gasteiger partial charge >= 0.3 is 21.8 Å². The number of hydrogen-bond acceptors (Lipinski definition) is 7. The topological polar surface area (TPSA) is 105 Å². The number of sulfone groups is 1. The molecule has 1 aliphatic rings. The summed E-state index contributed by atoms with van der Waals surface area (Å²) in [6.45, 7) is -1.90. The van der Waals surface area contributed by atoms with Gasteiger partial charge in [0.25, 0.3) is 0 Å². The van der Waals surface area contributed by atoms with Gasteiger partial charge in [0.05, 0.1) is 29.4 Å². The molecule has 4 rings (SSSR count). The largest absolute Gasteiger partial charge is 0.534 e. The van der Waals surface area contributed by atoms with Crippen LogP contribution in [0.25, 0.3) is 11.1 Å². The summed E-state index contributed by atoms with van der Waals surface area (Å²) in [4.78, 5) is -0.209. The van der Waals surface area contributed by atoms with Gasteiger partial charge in [-0.05, 0) is 48.4 Å². The maximum Gasteiger partial charge on any atom is 0.534 e. The van der Waals surface area contributed by atoms with Gasteiger partial charge in [0, 0.05) is 12.2 Å². The number of halogens is 8. The minimum atomic E-state index is -6.48. The fraction of sp³-hybridized carbons (Fsp3) is 0.444. The number of hydrogen-bond donors (Lipinski definition) is 0. The predicted octanol–water partition coefficient (Wildman–Crippen LogP) is 7.02. The standard InChI is InChI=1S/C27H26Cl2F6N2O6S2/c1-44(38,39)20-9-7-18(8-10-20)22-23(36-37(16-26(30,31)32)24(22)43-45(40,41)27(33,34)35)21-11-12-25(28,29)13-19(21)15-42-14-17-5-3-2-4-6-17/h2-10,19,21H,11-16H2,1H3/t19-,21+/m0/s1. The van der Waals surface area contributed by atoms with Gasteiger partial charge in [-0.1, -0.05) is 42.5 Å². The molecule has 2 aromatic carbocycles. The Kier molecular flexibility index (Phi) is 10.2. The van der Waals surface area contributed by atoms with Crippen LogP contribution in [-0.4, -0.2) is 55.5 Å². The maximum absolute atomic E-state index is 13.7. The summed E-state index contributed by atoms with van der Waals surface area (Å²) < 4.78 is 138. The molecule has 1 aliphatic carbocycles. The number of nitrogens with zero attached hydrogens (tertiary/aromatic N) is 2. The molecule has 1 aromatic heterocycles. The van der Waals surface area contributed by atoms with Crippen LogP contribution in [0.3, 0.4) is 0 Å². The molecule has 8 nitrogen and oxygen atoms in total. The SMILES string of the molecule is CS(=O)(=O)c1ccc(-c2c([C@@H]3CCC(Cl)(Cl)C[C@H]3COCc3ccccc3)nn(CC(F)(F)F)c2OS(=O)(=O)C(F)(F)F)cc1. The first-order valence-corrected chi connectivity index (χ1v) is 17.2. The fourth-order valence-electron chi connectivity index (χ4n) is 5.04. The Bertz CT molecular complexity index is 1710.